The standard InChI is InChI=1S/C21H18F3NO2S/c22-21(23,24)17-5-3-14(4-6-17)12-25-7-8-27-20-16(13-25)10-15(11-18(20)26)19-2-1-9-28-19/h1-6,9-11,26H,7-8,12-13H2. The fourth-order valence-electron chi connectivity index (χ4n) is 3.33. The van der Waals surface area contributed by atoms with Gasteiger partial charge in [0.2, 0.25) is 0 Å². The van der Waals surface area contributed by atoms with Gasteiger partial charge in [-0.05, 0) is 46.8 Å². The van der Waals surface area contributed by atoms with Crippen LogP contribution in [0.3, 0.4) is 0 Å². The van der Waals surface area contributed by atoms with Gasteiger partial charge in [0.1, 0.15) is 6.61 Å². The fraction of sp³-hybridized carbons (Fsp3) is 0.238. The summed E-state index contributed by atoms with van der Waals surface area (Å²) in [5, 5.41) is 12.4. The topological polar surface area (TPSA) is 32.7 Å². The zero-order valence-corrected chi connectivity index (χ0v) is 15.7. The van der Waals surface area contributed by atoms with E-state index in [1.165, 1.54) is 12.1 Å². The van der Waals surface area contributed by atoms with Crippen LogP contribution in [-0.2, 0) is 19.3 Å². The number of phenols is 1. The number of ether oxygens (including phenoxy) is 1. The summed E-state index contributed by atoms with van der Waals surface area (Å²) < 4.78 is 44.0. The van der Waals surface area contributed by atoms with Crippen molar-refractivity contribution in [2.45, 2.75) is 19.3 Å². The molecule has 2 heterocycles. The maximum atomic E-state index is 12.7. The molecule has 3 aromatic rings. The van der Waals surface area contributed by atoms with Gasteiger partial charge in [-0.15, -0.1) is 11.3 Å². The summed E-state index contributed by atoms with van der Waals surface area (Å²) in [4.78, 5) is 3.16. The van der Waals surface area contributed by atoms with Crippen molar-refractivity contribution in [3.05, 3.63) is 70.6 Å². The summed E-state index contributed by atoms with van der Waals surface area (Å²) in [6.45, 7) is 2.07. The molecule has 1 aliphatic heterocycles. The van der Waals surface area contributed by atoms with Gasteiger partial charge in [-0.1, -0.05) is 18.2 Å². The Morgan fingerprint density at radius 2 is 1.89 bits per heavy atom. The first-order chi connectivity index (χ1) is 13.4. The van der Waals surface area contributed by atoms with Crippen LogP contribution in [0.25, 0.3) is 10.4 Å². The Bertz CT molecular complexity index is 953. The van der Waals surface area contributed by atoms with E-state index in [-0.39, 0.29) is 5.75 Å². The molecule has 0 radical (unpaired) electrons. The van der Waals surface area contributed by atoms with Crippen LogP contribution in [0.1, 0.15) is 16.7 Å². The van der Waals surface area contributed by atoms with Crippen molar-refractivity contribution in [3.8, 4) is 21.9 Å². The van der Waals surface area contributed by atoms with Crippen molar-refractivity contribution in [1.82, 2.24) is 4.90 Å². The molecule has 2 aromatic carbocycles. The minimum atomic E-state index is -4.33. The molecular weight excluding hydrogens is 387 g/mol. The number of rotatable bonds is 3. The summed E-state index contributed by atoms with van der Waals surface area (Å²) in [6.07, 6.45) is -4.33. The molecule has 0 saturated heterocycles. The van der Waals surface area contributed by atoms with Gasteiger partial charge in [-0.3, -0.25) is 4.90 Å². The van der Waals surface area contributed by atoms with E-state index in [0.29, 0.717) is 32.0 Å². The van der Waals surface area contributed by atoms with E-state index in [1.54, 1.807) is 17.4 Å². The van der Waals surface area contributed by atoms with Crippen LogP contribution in [0, 0.1) is 0 Å². The monoisotopic (exact) mass is 405 g/mol. The van der Waals surface area contributed by atoms with Gasteiger partial charge in [0.15, 0.2) is 11.5 Å². The van der Waals surface area contributed by atoms with E-state index >= 15 is 0 Å². The normalized spacial score (nSPS) is 15.0. The van der Waals surface area contributed by atoms with Gasteiger partial charge in [0.25, 0.3) is 0 Å². The predicted molar refractivity (Wildman–Crippen MR) is 102 cm³/mol. The van der Waals surface area contributed by atoms with Gasteiger partial charge in [-0.2, -0.15) is 13.2 Å². The van der Waals surface area contributed by atoms with E-state index < -0.39 is 11.7 Å². The lowest BCUT2D eigenvalue weighted by Crippen LogP contribution is -2.25. The average Bonchev–Trinajstić information content (AvgIpc) is 3.10. The molecule has 0 amide bonds. The molecule has 4 rings (SSSR count). The Morgan fingerprint density at radius 3 is 2.57 bits per heavy atom. The molecule has 0 unspecified atom stereocenters. The first-order valence-electron chi connectivity index (χ1n) is 8.81. The SMILES string of the molecule is Oc1cc(-c2cccs2)cc2c1OCCN(Cc1ccc(C(F)(F)F)cc1)C2. The molecule has 0 bridgehead atoms. The largest absolute Gasteiger partial charge is 0.504 e. The second kappa shape index (κ2) is 7.48. The molecule has 1 aliphatic rings. The molecule has 0 saturated carbocycles. The second-order valence-corrected chi connectivity index (χ2v) is 7.66. The number of alkyl halides is 3. The van der Waals surface area contributed by atoms with E-state index in [2.05, 4.69) is 4.90 Å². The Hall–Kier alpha value is -2.51. The molecule has 0 aliphatic carbocycles. The highest BCUT2D eigenvalue weighted by atomic mass is 32.1. The minimum absolute atomic E-state index is 0.109. The van der Waals surface area contributed by atoms with E-state index in [9.17, 15) is 18.3 Å². The Morgan fingerprint density at radius 1 is 1.11 bits per heavy atom. The molecule has 0 spiro atoms. The number of hydrogen-bond donors (Lipinski definition) is 1. The highest BCUT2D eigenvalue weighted by Gasteiger charge is 2.30. The molecule has 1 N–H and O–H groups in total. The Labute approximate surface area is 164 Å². The highest BCUT2D eigenvalue weighted by Crippen LogP contribution is 2.39. The van der Waals surface area contributed by atoms with Crippen LogP contribution in [0.5, 0.6) is 11.5 Å². The third-order valence-corrected chi connectivity index (χ3v) is 5.61. The van der Waals surface area contributed by atoms with Crippen molar-refractivity contribution in [2.75, 3.05) is 13.2 Å². The number of aromatic hydroxyl groups is 1. The van der Waals surface area contributed by atoms with Crippen molar-refractivity contribution in [3.63, 3.8) is 0 Å². The maximum Gasteiger partial charge on any atom is 0.416 e. The maximum absolute atomic E-state index is 12.7. The highest BCUT2D eigenvalue weighted by molar-refractivity contribution is 7.13. The van der Waals surface area contributed by atoms with Crippen molar-refractivity contribution in [1.29, 1.82) is 0 Å². The van der Waals surface area contributed by atoms with Gasteiger partial charge in [-0.25, -0.2) is 0 Å². The number of phenolic OH excluding ortho intramolecular Hbond substituents is 1. The molecule has 0 atom stereocenters. The summed E-state index contributed by atoms with van der Waals surface area (Å²) in [5.74, 6) is 0.590. The lowest BCUT2D eigenvalue weighted by atomic mass is 10.1. The Balaban J connectivity index is 1.56. The minimum Gasteiger partial charge on any atom is -0.504 e. The lowest BCUT2D eigenvalue weighted by molar-refractivity contribution is -0.137. The third kappa shape index (κ3) is 4.00. The van der Waals surface area contributed by atoms with E-state index in [1.807, 2.05) is 23.6 Å². The predicted octanol–water partition coefficient (Wildman–Crippen LogP) is 5.53. The summed E-state index contributed by atoms with van der Waals surface area (Å²) >= 11 is 1.59. The van der Waals surface area contributed by atoms with Crippen LogP contribution in [0.15, 0.2) is 53.9 Å². The van der Waals surface area contributed by atoms with Crippen LogP contribution >= 0.6 is 11.3 Å². The van der Waals surface area contributed by atoms with Gasteiger partial charge >= 0.3 is 6.18 Å². The third-order valence-electron chi connectivity index (χ3n) is 4.69. The fourth-order valence-corrected chi connectivity index (χ4v) is 4.05. The number of hydrogen-bond acceptors (Lipinski definition) is 4. The smallest absolute Gasteiger partial charge is 0.416 e. The van der Waals surface area contributed by atoms with Crippen LogP contribution in [0.2, 0.25) is 0 Å². The summed E-state index contributed by atoms with van der Waals surface area (Å²) in [5.41, 5.74) is 1.94. The van der Waals surface area contributed by atoms with Gasteiger partial charge in [0, 0.05) is 30.1 Å². The average molecular weight is 405 g/mol. The zero-order chi connectivity index (χ0) is 19.7. The zero-order valence-electron chi connectivity index (χ0n) is 14.9. The number of benzene rings is 2. The first-order valence-corrected chi connectivity index (χ1v) is 9.69. The van der Waals surface area contributed by atoms with Crippen LogP contribution < -0.4 is 4.74 Å². The van der Waals surface area contributed by atoms with E-state index in [0.717, 1.165) is 33.7 Å². The van der Waals surface area contributed by atoms with Gasteiger partial charge < -0.3 is 9.84 Å². The number of thiophene rings is 1. The molecule has 7 heteroatoms. The van der Waals surface area contributed by atoms with Crippen molar-refractivity contribution >= 4 is 11.3 Å². The number of nitrogens with zero attached hydrogens (tertiary/aromatic N) is 1. The first kappa shape index (κ1) is 18.8. The second-order valence-electron chi connectivity index (χ2n) is 6.71. The van der Waals surface area contributed by atoms with Crippen LogP contribution in [0.4, 0.5) is 13.2 Å². The van der Waals surface area contributed by atoms with Crippen molar-refractivity contribution < 1.29 is 23.0 Å². The summed E-state index contributed by atoms with van der Waals surface area (Å²) in [6, 6.07) is 12.9. The number of fused-ring (bicyclic) bond motifs is 1. The van der Waals surface area contributed by atoms with Gasteiger partial charge in [0.05, 0.1) is 5.56 Å². The number of halogens is 3. The van der Waals surface area contributed by atoms with Crippen LogP contribution in [-0.4, -0.2) is 23.2 Å². The summed E-state index contributed by atoms with van der Waals surface area (Å²) in [7, 11) is 0. The quantitative estimate of drug-likeness (QED) is 0.622. The van der Waals surface area contributed by atoms with Crippen molar-refractivity contribution in [2.24, 2.45) is 0 Å². The molecule has 1 aromatic heterocycles. The molecular formula is C21H18F3NO2S. The lowest BCUT2D eigenvalue weighted by Gasteiger charge is -2.20. The molecule has 28 heavy (non-hydrogen) atoms. The Kier molecular flexibility index (Phi) is 5.03. The van der Waals surface area contributed by atoms with E-state index in [4.69, 9.17) is 4.74 Å². The molecule has 146 valence electrons. The molecule has 0 fully saturated rings. The molecule has 3 nitrogen and oxygen atoms in total.